The third-order valence-electron chi connectivity index (χ3n) is 2.70. The van der Waals surface area contributed by atoms with E-state index in [4.69, 9.17) is 0 Å². The number of carbonyl (C=O) groups is 1. The van der Waals surface area contributed by atoms with Crippen LogP contribution < -0.4 is 5.32 Å². The van der Waals surface area contributed by atoms with Gasteiger partial charge in [-0.2, -0.15) is 12.6 Å². The molecule has 1 saturated carbocycles. The summed E-state index contributed by atoms with van der Waals surface area (Å²) >= 11 is 4.05. The van der Waals surface area contributed by atoms with Crippen molar-refractivity contribution in [2.75, 3.05) is 6.54 Å². The average Bonchev–Trinajstić information content (AvgIpc) is 2.14. The minimum absolute atomic E-state index is 0.0200. The highest BCUT2D eigenvalue weighted by Crippen LogP contribution is 2.23. The highest BCUT2D eigenvalue weighted by Gasteiger charge is 2.20. The maximum Gasteiger partial charge on any atom is 0.232 e. The van der Waals surface area contributed by atoms with E-state index in [-0.39, 0.29) is 17.3 Å². The molecule has 1 aliphatic carbocycles. The first kappa shape index (κ1) is 11.9. The summed E-state index contributed by atoms with van der Waals surface area (Å²) in [6.07, 6.45) is 3.74. The van der Waals surface area contributed by atoms with Crippen LogP contribution in [0.2, 0.25) is 0 Å². The molecule has 0 heterocycles. The van der Waals surface area contributed by atoms with E-state index in [9.17, 15) is 9.90 Å². The van der Waals surface area contributed by atoms with Crippen molar-refractivity contribution in [3.63, 3.8) is 0 Å². The van der Waals surface area contributed by atoms with Crippen LogP contribution in [0, 0.1) is 5.92 Å². The highest BCUT2D eigenvalue weighted by molar-refractivity contribution is 7.81. The van der Waals surface area contributed by atoms with Crippen molar-refractivity contribution < 1.29 is 9.90 Å². The smallest absolute Gasteiger partial charge is 0.232 e. The number of hydrogen-bond acceptors (Lipinski definition) is 3. The number of amides is 1. The zero-order chi connectivity index (χ0) is 10.6. The quantitative estimate of drug-likeness (QED) is 0.617. The topological polar surface area (TPSA) is 49.3 Å². The Balaban J connectivity index is 2.20. The molecule has 0 aromatic heterocycles. The predicted molar refractivity (Wildman–Crippen MR) is 59.4 cm³/mol. The molecule has 82 valence electrons. The Hall–Kier alpha value is -0.220. The molecule has 0 spiro atoms. The standard InChI is InChI=1S/C10H19NO2S/c1-7(14)10(13)11-6-8-3-2-4-9(12)5-8/h7-9,12,14H,2-6H2,1H3,(H,11,13). The lowest BCUT2D eigenvalue weighted by Crippen LogP contribution is -2.36. The largest absolute Gasteiger partial charge is 0.393 e. The van der Waals surface area contributed by atoms with Crippen LogP contribution in [-0.2, 0) is 4.79 Å². The molecular formula is C10H19NO2S. The predicted octanol–water partition coefficient (Wildman–Crippen LogP) is 0.972. The lowest BCUT2D eigenvalue weighted by atomic mass is 9.87. The van der Waals surface area contributed by atoms with Crippen LogP contribution in [0.25, 0.3) is 0 Å². The molecule has 0 bridgehead atoms. The molecule has 0 radical (unpaired) electrons. The highest BCUT2D eigenvalue weighted by atomic mass is 32.1. The molecule has 14 heavy (non-hydrogen) atoms. The van der Waals surface area contributed by atoms with Crippen molar-refractivity contribution in [1.82, 2.24) is 5.32 Å². The second-order valence-corrected chi connectivity index (χ2v) is 4.88. The van der Waals surface area contributed by atoms with Crippen molar-refractivity contribution >= 4 is 18.5 Å². The van der Waals surface area contributed by atoms with Crippen LogP contribution in [-0.4, -0.2) is 28.9 Å². The number of rotatable bonds is 3. The summed E-state index contributed by atoms with van der Waals surface area (Å²) in [5, 5.41) is 12.0. The fourth-order valence-corrected chi connectivity index (χ4v) is 1.93. The Morgan fingerprint density at radius 1 is 1.64 bits per heavy atom. The minimum atomic E-state index is -0.247. The number of thiol groups is 1. The zero-order valence-electron chi connectivity index (χ0n) is 8.57. The molecule has 1 amide bonds. The molecule has 0 saturated heterocycles. The van der Waals surface area contributed by atoms with Gasteiger partial charge < -0.3 is 10.4 Å². The van der Waals surface area contributed by atoms with E-state index in [0.29, 0.717) is 12.5 Å². The van der Waals surface area contributed by atoms with Gasteiger partial charge in [-0.15, -0.1) is 0 Å². The van der Waals surface area contributed by atoms with Gasteiger partial charge in [0.25, 0.3) is 0 Å². The maximum absolute atomic E-state index is 11.2. The average molecular weight is 217 g/mol. The normalized spacial score (nSPS) is 29.6. The molecular weight excluding hydrogens is 198 g/mol. The Morgan fingerprint density at radius 2 is 2.36 bits per heavy atom. The molecule has 1 rings (SSSR count). The summed E-state index contributed by atoms with van der Waals surface area (Å²) in [7, 11) is 0. The maximum atomic E-state index is 11.2. The molecule has 1 fully saturated rings. The van der Waals surface area contributed by atoms with Crippen molar-refractivity contribution in [3.8, 4) is 0 Å². The molecule has 0 aromatic rings. The number of aliphatic hydroxyl groups is 1. The third-order valence-corrected chi connectivity index (χ3v) is 2.93. The number of nitrogens with one attached hydrogen (secondary N) is 1. The molecule has 3 unspecified atom stereocenters. The van der Waals surface area contributed by atoms with Gasteiger partial charge in [-0.25, -0.2) is 0 Å². The SMILES string of the molecule is CC(S)C(=O)NCC1CCCC(O)C1. The van der Waals surface area contributed by atoms with Gasteiger partial charge in [0, 0.05) is 6.54 Å². The first-order chi connectivity index (χ1) is 6.59. The fraction of sp³-hybridized carbons (Fsp3) is 0.900. The Kier molecular flexibility index (Phi) is 4.75. The van der Waals surface area contributed by atoms with Gasteiger partial charge >= 0.3 is 0 Å². The summed E-state index contributed by atoms with van der Waals surface area (Å²) < 4.78 is 0. The molecule has 3 nitrogen and oxygen atoms in total. The minimum Gasteiger partial charge on any atom is -0.393 e. The lowest BCUT2D eigenvalue weighted by Gasteiger charge is -2.26. The second-order valence-electron chi connectivity index (χ2n) is 4.11. The van der Waals surface area contributed by atoms with Crippen LogP contribution in [0.1, 0.15) is 32.6 Å². The Labute approximate surface area is 90.7 Å². The molecule has 0 aliphatic heterocycles. The number of hydrogen-bond donors (Lipinski definition) is 3. The first-order valence-electron chi connectivity index (χ1n) is 5.23. The molecule has 0 aromatic carbocycles. The monoisotopic (exact) mass is 217 g/mol. The van der Waals surface area contributed by atoms with Crippen molar-refractivity contribution in [2.24, 2.45) is 5.92 Å². The van der Waals surface area contributed by atoms with Crippen molar-refractivity contribution in [1.29, 1.82) is 0 Å². The van der Waals surface area contributed by atoms with E-state index >= 15 is 0 Å². The molecule has 3 atom stereocenters. The number of carbonyl (C=O) groups excluding carboxylic acids is 1. The van der Waals surface area contributed by atoms with E-state index in [0.717, 1.165) is 25.7 Å². The van der Waals surface area contributed by atoms with Gasteiger partial charge in [0.1, 0.15) is 0 Å². The summed E-state index contributed by atoms with van der Waals surface area (Å²) in [6, 6.07) is 0. The van der Waals surface area contributed by atoms with Gasteiger partial charge in [-0.1, -0.05) is 6.42 Å². The fourth-order valence-electron chi connectivity index (χ4n) is 1.84. The number of aliphatic hydroxyl groups excluding tert-OH is 1. The van der Waals surface area contributed by atoms with Gasteiger partial charge in [0.2, 0.25) is 5.91 Å². The van der Waals surface area contributed by atoms with Crippen LogP contribution in [0.3, 0.4) is 0 Å². The van der Waals surface area contributed by atoms with E-state index in [2.05, 4.69) is 17.9 Å². The summed E-state index contributed by atoms with van der Waals surface area (Å²) in [6.45, 7) is 2.44. The molecule has 2 N–H and O–H groups in total. The Morgan fingerprint density at radius 3 is 2.93 bits per heavy atom. The van der Waals surface area contributed by atoms with Gasteiger partial charge in [0.15, 0.2) is 0 Å². The van der Waals surface area contributed by atoms with Crippen LogP contribution in [0.4, 0.5) is 0 Å². The van der Waals surface area contributed by atoms with Crippen LogP contribution >= 0.6 is 12.6 Å². The van der Waals surface area contributed by atoms with Gasteiger partial charge in [-0.05, 0) is 32.1 Å². The van der Waals surface area contributed by atoms with E-state index in [1.165, 1.54) is 0 Å². The first-order valence-corrected chi connectivity index (χ1v) is 5.75. The van der Waals surface area contributed by atoms with Crippen LogP contribution in [0.5, 0.6) is 0 Å². The third kappa shape index (κ3) is 3.88. The summed E-state index contributed by atoms with van der Waals surface area (Å²) in [5.41, 5.74) is 0. The van der Waals surface area contributed by atoms with E-state index in [1.807, 2.05) is 0 Å². The second kappa shape index (κ2) is 5.61. The summed E-state index contributed by atoms with van der Waals surface area (Å²) in [4.78, 5) is 11.2. The summed E-state index contributed by atoms with van der Waals surface area (Å²) in [5.74, 6) is 0.420. The van der Waals surface area contributed by atoms with Crippen LogP contribution in [0.15, 0.2) is 0 Å². The van der Waals surface area contributed by atoms with E-state index in [1.54, 1.807) is 6.92 Å². The van der Waals surface area contributed by atoms with Gasteiger partial charge in [0.05, 0.1) is 11.4 Å². The molecule has 4 heteroatoms. The van der Waals surface area contributed by atoms with Crippen molar-refractivity contribution in [2.45, 2.75) is 44.0 Å². The van der Waals surface area contributed by atoms with Gasteiger partial charge in [-0.3, -0.25) is 4.79 Å². The lowest BCUT2D eigenvalue weighted by molar-refractivity contribution is -0.120. The Bertz CT molecular complexity index is 197. The zero-order valence-corrected chi connectivity index (χ0v) is 9.46. The van der Waals surface area contributed by atoms with E-state index < -0.39 is 0 Å². The molecule has 1 aliphatic rings. The van der Waals surface area contributed by atoms with Crippen molar-refractivity contribution in [3.05, 3.63) is 0 Å².